The third-order valence-electron chi connectivity index (χ3n) is 3.53. The topological polar surface area (TPSA) is 153 Å². The summed E-state index contributed by atoms with van der Waals surface area (Å²) in [5, 5.41) is 24.1. The summed E-state index contributed by atoms with van der Waals surface area (Å²) < 4.78 is 15.2. The van der Waals surface area contributed by atoms with E-state index in [-0.39, 0.29) is 28.4 Å². The molecule has 0 aliphatic rings. The van der Waals surface area contributed by atoms with Crippen LogP contribution in [0.25, 0.3) is 0 Å². The van der Waals surface area contributed by atoms with Crippen molar-refractivity contribution in [3.8, 4) is 23.3 Å². The Morgan fingerprint density at radius 2 is 2.00 bits per heavy atom. The molecule has 1 N–H and O–H groups in total. The lowest BCUT2D eigenvalue weighted by molar-refractivity contribution is -0.385. The van der Waals surface area contributed by atoms with Crippen molar-refractivity contribution >= 4 is 23.8 Å². The minimum absolute atomic E-state index is 0.00352. The number of benzene rings is 2. The minimum atomic E-state index is -0.725. The molecule has 1 amide bonds. The Morgan fingerprint density at radius 1 is 1.27 bits per heavy atom. The van der Waals surface area contributed by atoms with E-state index in [1.807, 2.05) is 6.07 Å². The highest BCUT2D eigenvalue weighted by Gasteiger charge is 2.25. The standard InChI is InChI=1S/C19H16N4O7/c1-12(24)30-16-8-7-14(18(23(26)27)19(16)28-2)10-21-22-17(25)11-29-15-6-4-3-5-13(15)9-20/h3-8,10H,11H2,1-2H3,(H,22,25)/b21-10-. The summed E-state index contributed by atoms with van der Waals surface area (Å²) in [6.45, 7) is 0.722. The van der Waals surface area contributed by atoms with Gasteiger partial charge in [-0.3, -0.25) is 19.7 Å². The van der Waals surface area contributed by atoms with E-state index in [2.05, 4.69) is 10.5 Å². The number of methoxy groups -OCH3 is 1. The van der Waals surface area contributed by atoms with Gasteiger partial charge in [-0.1, -0.05) is 12.1 Å². The lowest BCUT2D eigenvalue weighted by Crippen LogP contribution is -2.24. The molecule has 11 heteroatoms. The number of nitro groups is 1. The lowest BCUT2D eigenvalue weighted by Gasteiger charge is -2.09. The van der Waals surface area contributed by atoms with Crippen molar-refractivity contribution in [2.45, 2.75) is 6.92 Å². The Bertz CT molecular complexity index is 1040. The summed E-state index contributed by atoms with van der Waals surface area (Å²) in [6.07, 6.45) is 1.04. The van der Waals surface area contributed by atoms with E-state index in [0.717, 1.165) is 13.1 Å². The van der Waals surface area contributed by atoms with Gasteiger partial charge in [0.1, 0.15) is 11.8 Å². The largest absolute Gasteiger partial charge is 0.488 e. The van der Waals surface area contributed by atoms with Crippen LogP contribution in [0.2, 0.25) is 0 Å². The molecule has 30 heavy (non-hydrogen) atoms. The van der Waals surface area contributed by atoms with Gasteiger partial charge in [-0.2, -0.15) is 10.4 Å². The molecule has 2 aromatic carbocycles. The number of amides is 1. The number of hydrogen-bond acceptors (Lipinski definition) is 9. The summed E-state index contributed by atoms with van der Waals surface area (Å²) in [4.78, 5) is 33.7. The average molecular weight is 412 g/mol. The van der Waals surface area contributed by atoms with Gasteiger partial charge in [-0.05, 0) is 24.3 Å². The van der Waals surface area contributed by atoms with Crippen molar-refractivity contribution in [2.75, 3.05) is 13.7 Å². The van der Waals surface area contributed by atoms with Crippen LogP contribution in [0.4, 0.5) is 5.69 Å². The molecular formula is C19H16N4O7. The molecule has 2 rings (SSSR count). The molecule has 0 saturated carbocycles. The van der Waals surface area contributed by atoms with Gasteiger partial charge in [0.25, 0.3) is 5.91 Å². The molecule has 0 aromatic heterocycles. The molecule has 0 saturated heterocycles. The highest BCUT2D eigenvalue weighted by Crippen LogP contribution is 2.39. The number of carbonyl (C=O) groups excluding carboxylic acids is 2. The SMILES string of the molecule is COc1c(OC(C)=O)ccc(/C=N\NC(=O)COc2ccccc2C#N)c1[N+](=O)[O-]. The van der Waals surface area contributed by atoms with Gasteiger partial charge >= 0.3 is 11.7 Å². The molecule has 0 spiro atoms. The number of ether oxygens (including phenoxy) is 3. The number of hydrogen-bond donors (Lipinski definition) is 1. The van der Waals surface area contributed by atoms with E-state index in [4.69, 9.17) is 19.5 Å². The maximum atomic E-state index is 11.9. The number of nitrogens with one attached hydrogen (secondary N) is 1. The van der Waals surface area contributed by atoms with Crippen molar-refractivity contribution in [2.24, 2.45) is 5.10 Å². The summed E-state index contributed by atoms with van der Waals surface area (Å²) in [5.74, 6) is -1.47. The first-order chi connectivity index (χ1) is 14.4. The van der Waals surface area contributed by atoms with Gasteiger partial charge in [0.05, 0.1) is 29.4 Å². The number of nitrogens with zero attached hydrogens (tertiary/aromatic N) is 3. The van der Waals surface area contributed by atoms with Gasteiger partial charge in [0.15, 0.2) is 12.4 Å². The molecule has 0 radical (unpaired) electrons. The van der Waals surface area contributed by atoms with Crippen LogP contribution in [0.15, 0.2) is 41.5 Å². The molecule has 0 bridgehead atoms. The number of hydrazone groups is 1. The minimum Gasteiger partial charge on any atom is -0.488 e. The third-order valence-corrected chi connectivity index (χ3v) is 3.53. The predicted octanol–water partition coefficient (Wildman–Crippen LogP) is 1.93. The van der Waals surface area contributed by atoms with Crippen LogP contribution in [0.1, 0.15) is 18.1 Å². The zero-order valence-electron chi connectivity index (χ0n) is 15.9. The lowest BCUT2D eigenvalue weighted by atomic mass is 10.1. The Hall–Kier alpha value is -4.46. The fourth-order valence-electron chi connectivity index (χ4n) is 2.33. The normalized spacial score (nSPS) is 10.2. The van der Waals surface area contributed by atoms with E-state index in [0.29, 0.717) is 0 Å². The van der Waals surface area contributed by atoms with Crippen molar-refractivity contribution in [3.63, 3.8) is 0 Å². The Morgan fingerprint density at radius 3 is 2.63 bits per heavy atom. The fraction of sp³-hybridized carbons (Fsp3) is 0.158. The first-order valence-corrected chi connectivity index (χ1v) is 8.35. The van der Waals surface area contributed by atoms with E-state index in [9.17, 15) is 19.7 Å². The smallest absolute Gasteiger partial charge is 0.323 e. The number of nitriles is 1. The van der Waals surface area contributed by atoms with Crippen LogP contribution in [-0.4, -0.2) is 36.7 Å². The molecule has 0 atom stereocenters. The van der Waals surface area contributed by atoms with E-state index < -0.39 is 29.1 Å². The van der Waals surface area contributed by atoms with Gasteiger partial charge in [-0.15, -0.1) is 0 Å². The maximum absolute atomic E-state index is 11.9. The van der Waals surface area contributed by atoms with E-state index >= 15 is 0 Å². The average Bonchev–Trinajstić information content (AvgIpc) is 2.72. The summed E-state index contributed by atoms with van der Waals surface area (Å²) in [7, 11) is 1.19. The Balaban J connectivity index is 2.11. The van der Waals surface area contributed by atoms with Gasteiger partial charge in [-0.25, -0.2) is 5.43 Å². The first-order valence-electron chi connectivity index (χ1n) is 8.35. The second kappa shape index (κ2) is 10.2. The summed E-state index contributed by atoms with van der Waals surface area (Å²) in [5.41, 5.74) is 1.94. The number of rotatable bonds is 8. The molecular weight excluding hydrogens is 396 g/mol. The van der Waals surface area contributed by atoms with Crippen molar-refractivity contribution in [1.29, 1.82) is 5.26 Å². The van der Waals surface area contributed by atoms with Gasteiger partial charge in [0, 0.05) is 6.92 Å². The van der Waals surface area contributed by atoms with Crippen LogP contribution in [0.5, 0.6) is 17.2 Å². The fourth-order valence-corrected chi connectivity index (χ4v) is 2.33. The quantitative estimate of drug-likeness (QED) is 0.227. The summed E-state index contributed by atoms with van der Waals surface area (Å²) >= 11 is 0. The summed E-state index contributed by atoms with van der Waals surface area (Å²) in [6, 6.07) is 10.9. The molecule has 154 valence electrons. The van der Waals surface area contributed by atoms with Crippen molar-refractivity contribution in [3.05, 3.63) is 57.6 Å². The molecule has 11 nitrogen and oxygen atoms in total. The first kappa shape index (κ1) is 21.8. The van der Waals surface area contributed by atoms with Crippen LogP contribution >= 0.6 is 0 Å². The van der Waals surface area contributed by atoms with Crippen molar-refractivity contribution in [1.82, 2.24) is 5.43 Å². The van der Waals surface area contributed by atoms with E-state index in [1.54, 1.807) is 12.1 Å². The van der Waals surface area contributed by atoms with Crippen LogP contribution < -0.4 is 19.6 Å². The van der Waals surface area contributed by atoms with Crippen LogP contribution in [-0.2, 0) is 9.59 Å². The number of nitro benzene ring substituents is 1. The Labute approximate surface area is 170 Å². The zero-order chi connectivity index (χ0) is 22.1. The molecule has 0 unspecified atom stereocenters. The maximum Gasteiger partial charge on any atom is 0.323 e. The Kier molecular flexibility index (Phi) is 7.41. The van der Waals surface area contributed by atoms with Gasteiger partial charge < -0.3 is 14.2 Å². The zero-order valence-corrected chi connectivity index (χ0v) is 15.9. The van der Waals surface area contributed by atoms with Crippen LogP contribution in [0.3, 0.4) is 0 Å². The number of esters is 1. The van der Waals surface area contributed by atoms with Crippen molar-refractivity contribution < 1.29 is 28.7 Å². The highest BCUT2D eigenvalue weighted by atomic mass is 16.6. The molecule has 0 fully saturated rings. The predicted molar refractivity (Wildman–Crippen MR) is 103 cm³/mol. The molecule has 0 aliphatic carbocycles. The second-order valence-corrected chi connectivity index (χ2v) is 5.58. The molecule has 0 aliphatic heterocycles. The number of carbonyl (C=O) groups is 2. The van der Waals surface area contributed by atoms with E-state index in [1.165, 1.54) is 31.4 Å². The monoisotopic (exact) mass is 412 g/mol. The molecule has 2 aromatic rings. The second-order valence-electron chi connectivity index (χ2n) is 5.58. The van der Waals surface area contributed by atoms with Crippen LogP contribution in [0, 0.1) is 21.4 Å². The highest BCUT2D eigenvalue weighted by molar-refractivity contribution is 5.90. The third kappa shape index (κ3) is 5.52. The molecule has 0 heterocycles. The number of para-hydroxylation sites is 1. The van der Waals surface area contributed by atoms with Gasteiger partial charge in [0.2, 0.25) is 5.75 Å².